The maximum atomic E-state index is 12.1. The molecule has 19 heavy (non-hydrogen) atoms. The molecule has 0 radical (unpaired) electrons. The van der Waals surface area contributed by atoms with Crippen LogP contribution in [0.5, 0.6) is 0 Å². The van der Waals surface area contributed by atoms with E-state index in [1.807, 2.05) is 25.3 Å². The van der Waals surface area contributed by atoms with Crippen molar-refractivity contribution in [2.24, 2.45) is 0 Å². The Kier molecular flexibility index (Phi) is 4.22. The first-order chi connectivity index (χ1) is 9.06. The number of anilines is 1. The Balaban J connectivity index is 1.98. The van der Waals surface area contributed by atoms with Gasteiger partial charge in [-0.15, -0.1) is 0 Å². The van der Waals surface area contributed by atoms with E-state index in [2.05, 4.69) is 16.8 Å². The molecule has 0 saturated carbocycles. The average molecular weight is 274 g/mol. The van der Waals surface area contributed by atoms with Crippen molar-refractivity contribution < 1.29 is 4.79 Å². The predicted molar refractivity (Wildman–Crippen MR) is 80.5 cm³/mol. The first kappa shape index (κ1) is 13.6. The third-order valence-corrected chi connectivity index (χ3v) is 3.76. The molecule has 0 spiro atoms. The SMILES string of the molecule is Cc1cc(C(=O)NC(C)Cc2ccsc2)ccc1N. The molecule has 3 nitrogen and oxygen atoms in total. The number of thiophene rings is 1. The topological polar surface area (TPSA) is 55.1 Å². The van der Waals surface area contributed by atoms with Crippen LogP contribution in [0, 0.1) is 6.92 Å². The summed E-state index contributed by atoms with van der Waals surface area (Å²) in [6.07, 6.45) is 0.850. The normalized spacial score (nSPS) is 12.1. The number of hydrogen-bond acceptors (Lipinski definition) is 3. The average Bonchev–Trinajstić information content (AvgIpc) is 2.85. The van der Waals surface area contributed by atoms with Gasteiger partial charge in [0.25, 0.3) is 5.91 Å². The minimum absolute atomic E-state index is 0.0502. The maximum absolute atomic E-state index is 12.1. The van der Waals surface area contributed by atoms with Gasteiger partial charge in [0.15, 0.2) is 0 Å². The lowest BCUT2D eigenvalue weighted by molar-refractivity contribution is 0.0940. The zero-order valence-electron chi connectivity index (χ0n) is 11.1. The highest BCUT2D eigenvalue weighted by molar-refractivity contribution is 7.07. The van der Waals surface area contributed by atoms with Gasteiger partial charge < -0.3 is 11.1 Å². The highest BCUT2D eigenvalue weighted by atomic mass is 32.1. The third-order valence-electron chi connectivity index (χ3n) is 3.03. The van der Waals surface area contributed by atoms with Gasteiger partial charge in [0.05, 0.1) is 0 Å². The molecule has 0 aliphatic heterocycles. The maximum Gasteiger partial charge on any atom is 0.251 e. The number of rotatable bonds is 4. The molecule has 3 N–H and O–H groups in total. The molecule has 2 rings (SSSR count). The third kappa shape index (κ3) is 3.58. The van der Waals surface area contributed by atoms with Gasteiger partial charge in [-0.1, -0.05) is 0 Å². The molecule has 0 fully saturated rings. The number of nitrogens with two attached hydrogens (primary N) is 1. The van der Waals surface area contributed by atoms with Crippen LogP contribution in [0.25, 0.3) is 0 Å². The minimum Gasteiger partial charge on any atom is -0.399 e. The summed E-state index contributed by atoms with van der Waals surface area (Å²) >= 11 is 1.67. The van der Waals surface area contributed by atoms with E-state index in [9.17, 15) is 4.79 Å². The van der Waals surface area contributed by atoms with E-state index in [0.717, 1.165) is 12.0 Å². The highest BCUT2D eigenvalue weighted by Gasteiger charge is 2.11. The van der Waals surface area contributed by atoms with E-state index in [-0.39, 0.29) is 11.9 Å². The molecule has 1 aromatic heterocycles. The molecular weight excluding hydrogens is 256 g/mol. The summed E-state index contributed by atoms with van der Waals surface area (Å²) in [5.74, 6) is -0.0502. The van der Waals surface area contributed by atoms with Gasteiger partial charge in [0.2, 0.25) is 0 Å². The fraction of sp³-hybridized carbons (Fsp3) is 0.267. The van der Waals surface area contributed by atoms with Gasteiger partial charge in [-0.3, -0.25) is 4.79 Å². The lowest BCUT2D eigenvalue weighted by Crippen LogP contribution is -2.34. The van der Waals surface area contributed by atoms with Crippen molar-refractivity contribution in [2.75, 3.05) is 5.73 Å². The van der Waals surface area contributed by atoms with Gasteiger partial charge >= 0.3 is 0 Å². The molecule has 4 heteroatoms. The highest BCUT2D eigenvalue weighted by Crippen LogP contribution is 2.13. The van der Waals surface area contributed by atoms with Crippen LogP contribution in [0.3, 0.4) is 0 Å². The molecule has 0 aliphatic carbocycles. The summed E-state index contributed by atoms with van der Waals surface area (Å²) < 4.78 is 0. The van der Waals surface area contributed by atoms with Crippen LogP contribution in [-0.2, 0) is 6.42 Å². The fourth-order valence-electron chi connectivity index (χ4n) is 1.94. The van der Waals surface area contributed by atoms with E-state index in [1.165, 1.54) is 5.56 Å². The second kappa shape index (κ2) is 5.89. The van der Waals surface area contributed by atoms with Crippen LogP contribution in [0.1, 0.15) is 28.4 Å². The first-order valence-corrected chi connectivity index (χ1v) is 7.18. The second-order valence-electron chi connectivity index (χ2n) is 4.78. The van der Waals surface area contributed by atoms with Crippen LogP contribution in [0.2, 0.25) is 0 Å². The van der Waals surface area contributed by atoms with E-state index < -0.39 is 0 Å². The molecule has 1 aromatic carbocycles. The standard InChI is InChI=1S/C15H18N2OS/c1-10-7-13(3-4-14(10)16)15(18)17-11(2)8-12-5-6-19-9-12/h3-7,9,11H,8,16H2,1-2H3,(H,17,18). The van der Waals surface area contributed by atoms with Crippen LogP contribution >= 0.6 is 11.3 Å². The predicted octanol–water partition coefficient (Wildman–Crippen LogP) is 3.00. The van der Waals surface area contributed by atoms with Crippen LogP contribution in [0.15, 0.2) is 35.0 Å². The first-order valence-electron chi connectivity index (χ1n) is 6.24. The molecule has 0 saturated heterocycles. The molecular formula is C15H18N2OS. The molecule has 1 heterocycles. The van der Waals surface area contributed by atoms with Gasteiger partial charge in [0, 0.05) is 17.3 Å². The molecule has 2 aromatic rings. The van der Waals surface area contributed by atoms with Crippen LogP contribution in [0.4, 0.5) is 5.69 Å². The van der Waals surface area contributed by atoms with Crippen molar-refractivity contribution >= 4 is 22.9 Å². The summed E-state index contributed by atoms with van der Waals surface area (Å²) in [6, 6.07) is 7.55. The van der Waals surface area contributed by atoms with Crippen molar-refractivity contribution in [3.8, 4) is 0 Å². The monoisotopic (exact) mass is 274 g/mol. The summed E-state index contributed by atoms with van der Waals surface area (Å²) in [4.78, 5) is 12.1. The Labute approximate surface area is 117 Å². The number of amides is 1. The molecule has 1 unspecified atom stereocenters. The zero-order chi connectivity index (χ0) is 13.8. The van der Waals surface area contributed by atoms with Gasteiger partial charge in [-0.2, -0.15) is 11.3 Å². The second-order valence-corrected chi connectivity index (χ2v) is 5.56. The van der Waals surface area contributed by atoms with E-state index in [1.54, 1.807) is 23.5 Å². The Morgan fingerprint density at radius 2 is 2.21 bits per heavy atom. The van der Waals surface area contributed by atoms with Gasteiger partial charge in [0.1, 0.15) is 0 Å². The number of nitrogen functional groups attached to an aromatic ring is 1. The minimum atomic E-state index is -0.0502. The quantitative estimate of drug-likeness (QED) is 0.842. The number of carbonyl (C=O) groups is 1. The van der Waals surface area contributed by atoms with E-state index in [0.29, 0.717) is 11.3 Å². The van der Waals surface area contributed by atoms with Crippen LogP contribution in [-0.4, -0.2) is 11.9 Å². The van der Waals surface area contributed by atoms with Gasteiger partial charge in [-0.25, -0.2) is 0 Å². The summed E-state index contributed by atoms with van der Waals surface area (Å²) in [7, 11) is 0. The van der Waals surface area contributed by atoms with Crippen molar-refractivity contribution in [1.29, 1.82) is 0 Å². The molecule has 1 atom stereocenters. The Morgan fingerprint density at radius 3 is 2.84 bits per heavy atom. The Hall–Kier alpha value is -1.81. The van der Waals surface area contributed by atoms with E-state index in [4.69, 9.17) is 5.73 Å². The fourth-order valence-corrected chi connectivity index (χ4v) is 2.62. The lowest BCUT2D eigenvalue weighted by atomic mass is 10.1. The number of nitrogens with one attached hydrogen (secondary N) is 1. The number of benzene rings is 1. The Morgan fingerprint density at radius 1 is 1.42 bits per heavy atom. The summed E-state index contributed by atoms with van der Waals surface area (Å²) in [5, 5.41) is 7.16. The van der Waals surface area contributed by atoms with E-state index >= 15 is 0 Å². The molecule has 100 valence electrons. The molecule has 1 amide bonds. The summed E-state index contributed by atoms with van der Waals surface area (Å²) in [5.41, 5.74) is 9.30. The smallest absolute Gasteiger partial charge is 0.251 e. The molecule has 0 aliphatic rings. The lowest BCUT2D eigenvalue weighted by Gasteiger charge is -2.13. The van der Waals surface area contributed by atoms with Crippen molar-refractivity contribution in [3.63, 3.8) is 0 Å². The number of hydrogen-bond donors (Lipinski definition) is 2. The zero-order valence-corrected chi connectivity index (χ0v) is 12.0. The number of carbonyl (C=O) groups excluding carboxylic acids is 1. The van der Waals surface area contributed by atoms with Crippen molar-refractivity contribution in [1.82, 2.24) is 5.32 Å². The largest absolute Gasteiger partial charge is 0.399 e. The van der Waals surface area contributed by atoms with Crippen LogP contribution < -0.4 is 11.1 Å². The molecule has 0 bridgehead atoms. The Bertz CT molecular complexity index is 564. The number of aryl methyl sites for hydroxylation is 1. The van der Waals surface area contributed by atoms with Gasteiger partial charge in [-0.05, 0) is 66.4 Å². The summed E-state index contributed by atoms with van der Waals surface area (Å²) in [6.45, 7) is 3.92. The van der Waals surface area contributed by atoms with Crippen molar-refractivity contribution in [3.05, 3.63) is 51.7 Å². The van der Waals surface area contributed by atoms with Crippen molar-refractivity contribution in [2.45, 2.75) is 26.3 Å².